The molecule has 1 saturated carbocycles. The van der Waals surface area contributed by atoms with E-state index < -0.39 is 48.5 Å². The molecule has 5 N–H and O–H groups in total. The summed E-state index contributed by atoms with van der Waals surface area (Å²) in [5.41, 5.74) is 5.54. The molecule has 1 aliphatic heterocycles. The Bertz CT molecular complexity index is 1100. The SMILES string of the molecule is CC(=O)CC(CC(=O)CNC(=O)C(CCCN=C(C)N)NC(=O)CCN1C(=O)C2C3C=CC(C3)C2C1=O)C(=O)O. The zero-order valence-electron chi connectivity index (χ0n) is 22.8. The molecule has 13 nitrogen and oxygen atoms in total. The normalized spacial score (nSPS) is 24.6. The summed E-state index contributed by atoms with van der Waals surface area (Å²) in [5.74, 6) is -5.34. The highest BCUT2D eigenvalue weighted by Crippen LogP contribution is 2.52. The fourth-order valence-electron chi connectivity index (χ4n) is 5.73. The number of amides is 4. The fourth-order valence-corrected chi connectivity index (χ4v) is 5.73. The summed E-state index contributed by atoms with van der Waals surface area (Å²) >= 11 is 0. The molecule has 1 saturated heterocycles. The number of nitrogens with two attached hydrogens (primary N) is 1. The standard InChI is InChI=1S/C27H37N5O8/c1-14(33)10-18(27(39)40)12-19(34)13-30-24(36)20(4-3-8-29-15(2)28)31-21(35)7-9-32-25(37)22-16-5-6-17(11-16)23(22)26(32)38/h5-6,16-18,20,22-23H,3-4,7-13H2,1-2H3,(H2,28,29)(H,30,36)(H,31,35)(H,39,40). The Morgan fingerprint density at radius 2 is 1.70 bits per heavy atom. The molecule has 2 fully saturated rings. The number of nitrogens with zero attached hydrogens (tertiary/aromatic N) is 2. The zero-order chi connectivity index (χ0) is 29.6. The van der Waals surface area contributed by atoms with Crippen LogP contribution >= 0.6 is 0 Å². The van der Waals surface area contributed by atoms with Crippen LogP contribution < -0.4 is 16.4 Å². The molecule has 2 bridgehead atoms. The largest absolute Gasteiger partial charge is 0.481 e. The number of amidine groups is 1. The number of imide groups is 1. The van der Waals surface area contributed by atoms with Crippen LogP contribution in [-0.2, 0) is 33.6 Å². The molecular weight excluding hydrogens is 522 g/mol. The van der Waals surface area contributed by atoms with Gasteiger partial charge >= 0.3 is 5.97 Å². The van der Waals surface area contributed by atoms with Gasteiger partial charge in [0.1, 0.15) is 11.8 Å². The topological polar surface area (TPSA) is 205 Å². The Hall–Kier alpha value is -3.90. The predicted octanol–water partition coefficient (Wildman–Crippen LogP) is -0.419. The number of hydrogen-bond donors (Lipinski definition) is 4. The van der Waals surface area contributed by atoms with Gasteiger partial charge in [0.2, 0.25) is 23.6 Å². The second-order valence-corrected chi connectivity index (χ2v) is 10.8. The number of carboxylic acid groups (broad SMARTS) is 1. The number of rotatable bonds is 16. The first-order valence-electron chi connectivity index (χ1n) is 13.5. The smallest absolute Gasteiger partial charge is 0.307 e. The summed E-state index contributed by atoms with van der Waals surface area (Å²) < 4.78 is 0. The van der Waals surface area contributed by atoms with E-state index in [1.54, 1.807) is 6.92 Å². The van der Waals surface area contributed by atoms with E-state index in [-0.39, 0.29) is 67.1 Å². The van der Waals surface area contributed by atoms with Crippen molar-refractivity contribution in [2.24, 2.45) is 40.3 Å². The third kappa shape index (κ3) is 7.60. The van der Waals surface area contributed by atoms with Crippen molar-refractivity contribution in [3.8, 4) is 0 Å². The fraction of sp³-hybridized carbons (Fsp3) is 0.630. The van der Waals surface area contributed by atoms with Crippen LogP contribution in [0.3, 0.4) is 0 Å². The summed E-state index contributed by atoms with van der Waals surface area (Å²) in [7, 11) is 0. The molecule has 0 aromatic rings. The lowest BCUT2D eigenvalue weighted by Crippen LogP contribution is -2.48. The number of allylic oxidation sites excluding steroid dienone is 2. The Morgan fingerprint density at radius 1 is 1.07 bits per heavy atom. The number of hydrogen-bond acceptors (Lipinski definition) is 8. The van der Waals surface area contributed by atoms with Gasteiger partial charge in [0.15, 0.2) is 5.78 Å². The van der Waals surface area contributed by atoms with E-state index >= 15 is 0 Å². The van der Waals surface area contributed by atoms with E-state index in [4.69, 9.17) is 5.73 Å². The third-order valence-corrected chi connectivity index (χ3v) is 7.60. The van der Waals surface area contributed by atoms with Gasteiger partial charge in [0.05, 0.1) is 30.1 Å². The van der Waals surface area contributed by atoms with E-state index in [1.807, 2.05) is 12.2 Å². The van der Waals surface area contributed by atoms with Gasteiger partial charge in [-0.05, 0) is 44.9 Å². The van der Waals surface area contributed by atoms with Crippen LogP contribution in [0.5, 0.6) is 0 Å². The van der Waals surface area contributed by atoms with Gasteiger partial charge in [-0.2, -0.15) is 0 Å². The van der Waals surface area contributed by atoms with Crippen LogP contribution in [0.1, 0.15) is 52.4 Å². The van der Waals surface area contributed by atoms with Crippen LogP contribution in [0.25, 0.3) is 0 Å². The first-order chi connectivity index (χ1) is 18.9. The maximum Gasteiger partial charge on any atom is 0.307 e. The second kappa shape index (κ2) is 13.4. The van der Waals surface area contributed by atoms with Crippen molar-refractivity contribution in [3.63, 3.8) is 0 Å². The highest BCUT2D eigenvalue weighted by molar-refractivity contribution is 6.06. The van der Waals surface area contributed by atoms with Crippen molar-refractivity contribution in [1.82, 2.24) is 15.5 Å². The summed E-state index contributed by atoms with van der Waals surface area (Å²) in [5, 5.41) is 14.3. The number of Topliss-reactive ketones (excluding diaryl/α,β-unsaturated/α-hetero) is 2. The molecule has 2 aliphatic carbocycles. The summed E-state index contributed by atoms with van der Waals surface area (Å²) in [6.07, 6.45) is 4.44. The first kappa shape index (κ1) is 30.6. The number of fused-ring (bicyclic) bond motifs is 5. The van der Waals surface area contributed by atoms with Gasteiger partial charge in [-0.25, -0.2) is 0 Å². The van der Waals surface area contributed by atoms with E-state index in [1.165, 1.54) is 6.92 Å². The van der Waals surface area contributed by atoms with E-state index in [9.17, 15) is 38.7 Å². The summed E-state index contributed by atoms with van der Waals surface area (Å²) in [6.45, 7) is 2.59. The number of likely N-dealkylation sites (tertiary alicyclic amines) is 1. The molecule has 40 heavy (non-hydrogen) atoms. The average Bonchev–Trinajstić information content (AvgIpc) is 3.56. The molecule has 0 aromatic heterocycles. The Balaban J connectivity index is 1.53. The molecule has 0 radical (unpaired) electrons. The maximum absolute atomic E-state index is 12.9. The van der Waals surface area contributed by atoms with Gasteiger partial charge in [0.25, 0.3) is 0 Å². The molecule has 4 amide bonds. The lowest BCUT2D eigenvalue weighted by molar-refractivity contribution is -0.145. The van der Waals surface area contributed by atoms with Gasteiger partial charge < -0.3 is 26.3 Å². The highest BCUT2D eigenvalue weighted by Gasteiger charge is 2.59. The van der Waals surface area contributed by atoms with Crippen molar-refractivity contribution in [2.75, 3.05) is 19.6 Å². The van der Waals surface area contributed by atoms with Crippen LogP contribution in [0.15, 0.2) is 17.1 Å². The van der Waals surface area contributed by atoms with Crippen molar-refractivity contribution < 1.29 is 38.7 Å². The number of carbonyl (C=O) groups excluding carboxylic acids is 6. The van der Waals surface area contributed by atoms with Crippen LogP contribution in [0, 0.1) is 29.6 Å². The van der Waals surface area contributed by atoms with Crippen molar-refractivity contribution in [3.05, 3.63) is 12.2 Å². The molecule has 6 atom stereocenters. The molecule has 3 aliphatic rings. The Morgan fingerprint density at radius 3 is 2.25 bits per heavy atom. The van der Waals surface area contributed by atoms with Crippen molar-refractivity contribution >= 4 is 47.0 Å². The van der Waals surface area contributed by atoms with E-state index in [2.05, 4.69) is 15.6 Å². The lowest BCUT2D eigenvalue weighted by Gasteiger charge is -2.20. The summed E-state index contributed by atoms with van der Waals surface area (Å²) in [6, 6.07) is -1.04. The molecular formula is C27H37N5O8. The number of nitrogens with one attached hydrogen (secondary N) is 2. The highest BCUT2D eigenvalue weighted by atomic mass is 16.4. The minimum absolute atomic E-state index is 0.0640. The number of carboxylic acids is 1. The number of ketones is 2. The van der Waals surface area contributed by atoms with Gasteiger partial charge in [0, 0.05) is 32.4 Å². The minimum Gasteiger partial charge on any atom is -0.481 e. The number of carbonyl (C=O) groups is 7. The molecule has 13 heteroatoms. The van der Waals surface area contributed by atoms with E-state index in [0.717, 1.165) is 11.3 Å². The molecule has 3 rings (SSSR count). The molecule has 0 aromatic carbocycles. The Kier molecular flexibility index (Phi) is 10.3. The van der Waals surface area contributed by atoms with Gasteiger partial charge in [-0.1, -0.05) is 12.2 Å². The van der Waals surface area contributed by atoms with Crippen LogP contribution in [0.4, 0.5) is 0 Å². The Labute approximate surface area is 232 Å². The number of aliphatic carboxylic acids is 1. The van der Waals surface area contributed by atoms with E-state index in [0.29, 0.717) is 18.8 Å². The second-order valence-electron chi connectivity index (χ2n) is 10.8. The van der Waals surface area contributed by atoms with Crippen molar-refractivity contribution in [2.45, 2.75) is 58.4 Å². The maximum atomic E-state index is 12.9. The molecule has 218 valence electrons. The lowest BCUT2D eigenvalue weighted by atomic mass is 9.85. The third-order valence-electron chi connectivity index (χ3n) is 7.60. The quantitative estimate of drug-likeness (QED) is 0.0636. The van der Waals surface area contributed by atoms with Gasteiger partial charge in [-0.15, -0.1) is 0 Å². The molecule has 1 heterocycles. The first-order valence-corrected chi connectivity index (χ1v) is 13.5. The summed E-state index contributed by atoms with van der Waals surface area (Å²) in [4.78, 5) is 91.4. The monoisotopic (exact) mass is 559 g/mol. The molecule has 0 spiro atoms. The van der Waals surface area contributed by atoms with Gasteiger partial charge in [-0.3, -0.25) is 38.7 Å². The van der Waals surface area contributed by atoms with Crippen molar-refractivity contribution in [1.29, 1.82) is 0 Å². The van der Waals surface area contributed by atoms with Crippen LogP contribution in [-0.4, -0.2) is 82.7 Å². The average molecular weight is 560 g/mol. The number of aliphatic imine (C=N–C) groups is 1. The minimum atomic E-state index is -1.28. The van der Waals surface area contributed by atoms with Crippen LogP contribution in [0.2, 0.25) is 0 Å². The molecule has 6 unspecified atom stereocenters. The zero-order valence-corrected chi connectivity index (χ0v) is 22.8. The predicted molar refractivity (Wildman–Crippen MR) is 141 cm³/mol.